The van der Waals surface area contributed by atoms with Crippen molar-refractivity contribution in [2.45, 2.75) is 12.2 Å². The standard InChI is InChI=1S/C17H14N2O4S/c20-9-10-5-7-11(8-6-10)14(21)15(22)16(23)19-17-18-12-3-1-2-4-13(12)24-17/h1-9,14-15,21-22H,(H,18,19,23). The number of aliphatic hydroxyl groups excluding tert-OH is 2. The number of benzene rings is 2. The molecular weight excluding hydrogens is 328 g/mol. The van der Waals surface area contributed by atoms with Crippen molar-refractivity contribution in [3.63, 3.8) is 0 Å². The molecule has 6 nitrogen and oxygen atoms in total. The van der Waals surface area contributed by atoms with Gasteiger partial charge in [-0.05, 0) is 17.7 Å². The number of aromatic nitrogens is 1. The average molecular weight is 342 g/mol. The zero-order chi connectivity index (χ0) is 17.1. The molecular formula is C17H14N2O4S. The number of hydrogen-bond donors (Lipinski definition) is 3. The van der Waals surface area contributed by atoms with Gasteiger partial charge < -0.3 is 10.2 Å². The number of fused-ring (bicyclic) bond motifs is 1. The first-order valence-electron chi connectivity index (χ1n) is 7.16. The van der Waals surface area contributed by atoms with Gasteiger partial charge in [0.1, 0.15) is 12.4 Å². The Morgan fingerprint density at radius 1 is 1.12 bits per heavy atom. The molecule has 2 atom stereocenters. The second-order valence-electron chi connectivity index (χ2n) is 5.15. The van der Waals surface area contributed by atoms with E-state index >= 15 is 0 Å². The van der Waals surface area contributed by atoms with Crippen LogP contribution in [0.2, 0.25) is 0 Å². The number of nitrogens with zero attached hydrogens (tertiary/aromatic N) is 1. The van der Waals surface area contributed by atoms with Gasteiger partial charge in [0.25, 0.3) is 5.91 Å². The normalized spacial score (nSPS) is 13.4. The van der Waals surface area contributed by atoms with Gasteiger partial charge >= 0.3 is 0 Å². The molecule has 3 N–H and O–H groups in total. The minimum absolute atomic E-state index is 0.340. The highest BCUT2D eigenvalue weighted by atomic mass is 32.1. The van der Waals surface area contributed by atoms with E-state index in [2.05, 4.69) is 10.3 Å². The van der Waals surface area contributed by atoms with E-state index in [-0.39, 0.29) is 0 Å². The predicted molar refractivity (Wildman–Crippen MR) is 91.0 cm³/mol. The van der Waals surface area contributed by atoms with Gasteiger partial charge in [0.2, 0.25) is 0 Å². The fraction of sp³-hybridized carbons (Fsp3) is 0.118. The molecule has 0 fully saturated rings. The fourth-order valence-corrected chi connectivity index (χ4v) is 3.07. The molecule has 3 rings (SSSR count). The molecule has 0 aliphatic rings. The van der Waals surface area contributed by atoms with Crippen molar-refractivity contribution >= 4 is 38.9 Å². The van der Waals surface area contributed by atoms with E-state index in [4.69, 9.17) is 0 Å². The van der Waals surface area contributed by atoms with Crippen molar-refractivity contribution in [2.75, 3.05) is 5.32 Å². The summed E-state index contributed by atoms with van der Waals surface area (Å²) in [5.74, 6) is -0.749. The molecule has 0 radical (unpaired) electrons. The van der Waals surface area contributed by atoms with Gasteiger partial charge in [-0.2, -0.15) is 0 Å². The Morgan fingerprint density at radius 2 is 1.83 bits per heavy atom. The third kappa shape index (κ3) is 3.33. The summed E-state index contributed by atoms with van der Waals surface area (Å²) in [5, 5.41) is 23.0. The second-order valence-corrected chi connectivity index (χ2v) is 6.18. The molecule has 0 aliphatic carbocycles. The van der Waals surface area contributed by atoms with E-state index in [1.807, 2.05) is 24.3 Å². The van der Waals surface area contributed by atoms with E-state index in [9.17, 15) is 19.8 Å². The van der Waals surface area contributed by atoms with Gasteiger partial charge in [-0.3, -0.25) is 14.9 Å². The summed E-state index contributed by atoms with van der Waals surface area (Å²) in [7, 11) is 0. The Bertz CT molecular complexity index is 843. The molecule has 7 heteroatoms. The number of nitrogens with one attached hydrogen (secondary N) is 1. The minimum atomic E-state index is -1.65. The van der Waals surface area contributed by atoms with Crippen molar-refractivity contribution in [1.29, 1.82) is 0 Å². The van der Waals surface area contributed by atoms with Crippen LogP contribution >= 0.6 is 11.3 Å². The minimum Gasteiger partial charge on any atom is -0.385 e. The number of carbonyl (C=O) groups excluding carboxylic acids is 2. The zero-order valence-corrected chi connectivity index (χ0v) is 13.2. The lowest BCUT2D eigenvalue weighted by molar-refractivity contribution is -0.129. The summed E-state index contributed by atoms with van der Waals surface area (Å²) in [6.45, 7) is 0. The highest BCUT2D eigenvalue weighted by Crippen LogP contribution is 2.26. The van der Waals surface area contributed by atoms with E-state index in [0.717, 1.165) is 10.2 Å². The molecule has 122 valence electrons. The molecule has 2 aromatic carbocycles. The summed E-state index contributed by atoms with van der Waals surface area (Å²) in [6, 6.07) is 13.4. The van der Waals surface area contributed by atoms with Crippen LogP contribution in [0.15, 0.2) is 48.5 Å². The first-order valence-corrected chi connectivity index (χ1v) is 7.98. The Labute approximate surface area is 141 Å². The maximum Gasteiger partial charge on any atom is 0.258 e. The molecule has 2 unspecified atom stereocenters. The average Bonchev–Trinajstić information content (AvgIpc) is 3.02. The number of hydrogen-bond acceptors (Lipinski definition) is 6. The highest BCUT2D eigenvalue weighted by Gasteiger charge is 2.26. The summed E-state index contributed by atoms with van der Waals surface area (Å²) in [5.41, 5.74) is 1.53. The third-order valence-corrected chi connectivity index (χ3v) is 4.46. The Hall–Kier alpha value is -2.61. The lowest BCUT2D eigenvalue weighted by atomic mass is 10.0. The molecule has 1 aromatic heterocycles. The van der Waals surface area contributed by atoms with E-state index < -0.39 is 18.1 Å². The molecule has 24 heavy (non-hydrogen) atoms. The quantitative estimate of drug-likeness (QED) is 0.617. The number of aliphatic hydroxyl groups is 2. The van der Waals surface area contributed by atoms with Crippen molar-refractivity contribution < 1.29 is 19.8 Å². The van der Waals surface area contributed by atoms with Crippen molar-refractivity contribution in [1.82, 2.24) is 4.98 Å². The van der Waals surface area contributed by atoms with Gasteiger partial charge in [-0.25, -0.2) is 4.98 Å². The lowest BCUT2D eigenvalue weighted by Crippen LogP contribution is -2.33. The molecule has 3 aromatic rings. The first kappa shape index (κ1) is 16.3. The monoisotopic (exact) mass is 342 g/mol. The topological polar surface area (TPSA) is 99.5 Å². The second kappa shape index (κ2) is 6.88. The van der Waals surface area contributed by atoms with Crippen LogP contribution in [0.1, 0.15) is 22.0 Å². The number of anilines is 1. The van der Waals surface area contributed by atoms with E-state index in [1.165, 1.54) is 35.6 Å². The van der Waals surface area contributed by atoms with Crippen LogP contribution < -0.4 is 5.32 Å². The molecule has 0 aliphatic heterocycles. The maximum atomic E-state index is 12.1. The summed E-state index contributed by atoms with van der Waals surface area (Å²) >= 11 is 1.28. The van der Waals surface area contributed by atoms with Gasteiger partial charge in [0.15, 0.2) is 11.2 Å². The number of thiazole rings is 1. The SMILES string of the molecule is O=Cc1ccc(C(O)C(O)C(=O)Nc2nc3ccccc3s2)cc1. The molecule has 0 saturated heterocycles. The van der Waals surface area contributed by atoms with Crippen molar-refractivity contribution in [2.24, 2.45) is 0 Å². The Kier molecular flexibility index (Phi) is 4.66. The van der Waals surface area contributed by atoms with Crippen LogP contribution in [0.25, 0.3) is 10.2 Å². The molecule has 1 heterocycles. The number of amides is 1. The van der Waals surface area contributed by atoms with Crippen LogP contribution in [-0.2, 0) is 4.79 Å². The molecule has 0 spiro atoms. The van der Waals surface area contributed by atoms with Gasteiger partial charge in [-0.15, -0.1) is 0 Å². The third-order valence-electron chi connectivity index (χ3n) is 3.51. The van der Waals surface area contributed by atoms with Gasteiger partial charge in [-0.1, -0.05) is 47.7 Å². The number of rotatable bonds is 5. The predicted octanol–water partition coefficient (Wildman–Crippen LogP) is 2.14. The first-order chi connectivity index (χ1) is 11.6. The zero-order valence-electron chi connectivity index (χ0n) is 12.4. The summed E-state index contributed by atoms with van der Waals surface area (Å²) < 4.78 is 0.910. The maximum absolute atomic E-state index is 12.1. The Morgan fingerprint density at radius 3 is 2.50 bits per heavy atom. The van der Waals surface area contributed by atoms with E-state index in [0.29, 0.717) is 22.5 Å². The van der Waals surface area contributed by atoms with E-state index in [1.54, 1.807) is 0 Å². The molecule has 0 bridgehead atoms. The molecule has 0 saturated carbocycles. The van der Waals surface area contributed by atoms with Crippen molar-refractivity contribution in [3.8, 4) is 0 Å². The largest absolute Gasteiger partial charge is 0.385 e. The lowest BCUT2D eigenvalue weighted by Gasteiger charge is -2.17. The smallest absolute Gasteiger partial charge is 0.258 e. The summed E-state index contributed by atoms with van der Waals surface area (Å²) in [4.78, 5) is 27.0. The van der Waals surface area contributed by atoms with Crippen LogP contribution in [0.3, 0.4) is 0 Å². The summed E-state index contributed by atoms with van der Waals surface area (Å²) in [6.07, 6.45) is -2.38. The Balaban J connectivity index is 1.71. The van der Waals surface area contributed by atoms with Gasteiger partial charge in [0.05, 0.1) is 10.2 Å². The fourth-order valence-electron chi connectivity index (χ4n) is 2.20. The van der Waals surface area contributed by atoms with Crippen LogP contribution in [0.5, 0.6) is 0 Å². The van der Waals surface area contributed by atoms with Crippen LogP contribution in [0.4, 0.5) is 5.13 Å². The van der Waals surface area contributed by atoms with Crippen LogP contribution in [0, 0.1) is 0 Å². The highest BCUT2D eigenvalue weighted by molar-refractivity contribution is 7.22. The van der Waals surface area contributed by atoms with Crippen LogP contribution in [-0.4, -0.2) is 33.5 Å². The number of para-hydroxylation sites is 1. The molecule has 1 amide bonds. The van der Waals surface area contributed by atoms with Crippen molar-refractivity contribution in [3.05, 3.63) is 59.7 Å². The number of aldehydes is 1. The number of carbonyl (C=O) groups is 2. The van der Waals surface area contributed by atoms with Gasteiger partial charge in [0, 0.05) is 5.56 Å².